The van der Waals surface area contributed by atoms with Gasteiger partial charge in [0.05, 0.1) is 24.1 Å². The van der Waals surface area contributed by atoms with E-state index in [9.17, 15) is 14.0 Å². The number of thiophene rings is 1. The Kier molecular flexibility index (Phi) is 6.26. The number of ether oxygens (including phenoxy) is 2. The van der Waals surface area contributed by atoms with E-state index >= 15 is 0 Å². The van der Waals surface area contributed by atoms with Crippen molar-refractivity contribution in [2.75, 3.05) is 6.54 Å². The molecule has 0 saturated heterocycles. The molecule has 5 rings (SSSR count). The standard InChI is InChI=1S/C27H26FN3O4S/c1-27(2,3)35-26(33)30-10-9-22-21-7-6-19(12-23(21)36-24(22)15-30)31-11-8-20(13-25(31)32)34-16-18-5-4-17(28)14-29-18/h4-8,11-14H,9-10,15-16H2,1-3H3. The van der Waals surface area contributed by atoms with Gasteiger partial charge in [-0.2, -0.15) is 0 Å². The highest BCUT2D eigenvalue weighted by atomic mass is 32.1. The summed E-state index contributed by atoms with van der Waals surface area (Å²) >= 11 is 1.64. The number of amides is 1. The summed E-state index contributed by atoms with van der Waals surface area (Å²) in [6.45, 7) is 6.87. The number of aromatic nitrogens is 2. The summed E-state index contributed by atoms with van der Waals surface area (Å²) in [6, 6.07) is 12.0. The van der Waals surface area contributed by atoms with E-state index in [1.165, 1.54) is 17.7 Å². The van der Waals surface area contributed by atoms with Gasteiger partial charge in [-0.05, 0) is 68.5 Å². The predicted octanol–water partition coefficient (Wildman–Crippen LogP) is 5.46. The number of rotatable bonds is 4. The van der Waals surface area contributed by atoms with Crippen LogP contribution in [0.3, 0.4) is 0 Å². The first-order valence-electron chi connectivity index (χ1n) is 11.6. The molecule has 1 aliphatic rings. The number of benzene rings is 1. The van der Waals surface area contributed by atoms with Crippen molar-refractivity contribution >= 4 is 27.5 Å². The fourth-order valence-corrected chi connectivity index (χ4v) is 5.44. The predicted molar refractivity (Wildman–Crippen MR) is 136 cm³/mol. The average Bonchev–Trinajstić information content (AvgIpc) is 3.19. The Hall–Kier alpha value is -3.72. The molecule has 4 aromatic rings. The maximum atomic E-state index is 13.0. The zero-order valence-corrected chi connectivity index (χ0v) is 21.1. The Balaban J connectivity index is 1.34. The number of nitrogens with zero attached hydrogens (tertiary/aromatic N) is 3. The number of pyridine rings is 2. The molecule has 1 aliphatic heterocycles. The van der Waals surface area contributed by atoms with Gasteiger partial charge in [-0.25, -0.2) is 9.18 Å². The number of hydrogen-bond acceptors (Lipinski definition) is 6. The largest absolute Gasteiger partial charge is 0.487 e. The van der Waals surface area contributed by atoms with E-state index in [0.29, 0.717) is 24.5 Å². The maximum Gasteiger partial charge on any atom is 0.410 e. The topological polar surface area (TPSA) is 73.7 Å². The Bertz CT molecular complexity index is 1490. The first kappa shape index (κ1) is 24.0. The molecule has 186 valence electrons. The summed E-state index contributed by atoms with van der Waals surface area (Å²) in [5.74, 6) is 0.00236. The van der Waals surface area contributed by atoms with E-state index in [1.807, 2.05) is 39.0 Å². The minimum Gasteiger partial charge on any atom is -0.487 e. The molecule has 0 atom stereocenters. The van der Waals surface area contributed by atoms with Gasteiger partial charge < -0.3 is 14.4 Å². The van der Waals surface area contributed by atoms with E-state index in [2.05, 4.69) is 4.98 Å². The van der Waals surface area contributed by atoms with Crippen LogP contribution in [0.2, 0.25) is 0 Å². The first-order chi connectivity index (χ1) is 17.2. The molecule has 7 nitrogen and oxygen atoms in total. The van der Waals surface area contributed by atoms with Crippen molar-refractivity contribution in [2.24, 2.45) is 0 Å². The van der Waals surface area contributed by atoms with Crippen LogP contribution in [0, 0.1) is 5.82 Å². The van der Waals surface area contributed by atoms with Crippen LogP contribution in [0.1, 0.15) is 36.9 Å². The van der Waals surface area contributed by atoms with Gasteiger partial charge in [0.15, 0.2) is 0 Å². The van der Waals surface area contributed by atoms with E-state index in [1.54, 1.807) is 39.1 Å². The second kappa shape index (κ2) is 9.39. The van der Waals surface area contributed by atoms with Crippen molar-refractivity contribution in [3.63, 3.8) is 0 Å². The highest BCUT2D eigenvalue weighted by Gasteiger charge is 2.28. The monoisotopic (exact) mass is 507 g/mol. The zero-order chi connectivity index (χ0) is 25.4. The highest BCUT2D eigenvalue weighted by molar-refractivity contribution is 7.19. The van der Waals surface area contributed by atoms with E-state index in [0.717, 1.165) is 33.3 Å². The first-order valence-corrected chi connectivity index (χ1v) is 12.5. The molecule has 36 heavy (non-hydrogen) atoms. The van der Waals surface area contributed by atoms with Gasteiger partial charge in [0.25, 0.3) is 5.56 Å². The normalized spacial score (nSPS) is 13.5. The highest BCUT2D eigenvalue weighted by Crippen LogP contribution is 2.36. The summed E-state index contributed by atoms with van der Waals surface area (Å²) in [7, 11) is 0. The summed E-state index contributed by atoms with van der Waals surface area (Å²) in [4.78, 5) is 32.2. The van der Waals surface area contributed by atoms with Crippen molar-refractivity contribution < 1.29 is 18.7 Å². The minimum absolute atomic E-state index is 0.136. The number of carbonyl (C=O) groups is 1. The van der Waals surface area contributed by atoms with E-state index in [-0.39, 0.29) is 18.3 Å². The van der Waals surface area contributed by atoms with Crippen LogP contribution in [-0.4, -0.2) is 32.7 Å². The molecule has 4 heterocycles. The van der Waals surface area contributed by atoms with Crippen molar-refractivity contribution in [3.05, 3.63) is 87.2 Å². The molecule has 3 aromatic heterocycles. The van der Waals surface area contributed by atoms with Gasteiger partial charge in [-0.1, -0.05) is 6.07 Å². The van der Waals surface area contributed by atoms with Gasteiger partial charge in [-0.3, -0.25) is 14.3 Å². The van der Waals surface area contributed by atoms with Crippen LogP contribution < -0.4 is 10.3 Å². The molecule has 0 fully saturated rings. The molecule has 0 bridgehead atoms. The fraction of sp³-hybridized carbons (Fsp3) is 0.296. The molecule has 1 amide bonds. The molecule has 0 radical (unpaired) electrons. The average molecular weight is 508 g/mol. The van der Waals surface area contributed by atoms with Crippen LogP contribution in [0.5, 0.6) is 5.75 Å². The molecule has 0 N–H and O–H groups in total. The van der Waals surface area contributed by atoms with Gasteiger partial charge in [0, 0.05) is 28.4 Å². The molecule has 0 spiro atoms. The van der Waals surface area contributed by atoms with Gasteiger partial charge in [-0.15, -0.1) is 11.3 Å². The molecule has 0 aliphatic carbocycles. The lowest BCUT2D eigenvalue weighted by Crippen LogP contribution is -2.39. The second-order valence-corrected chi connectivity index (χ2v) is 10.8. The van der Waals surface area contributed by atoms with Crippen molar-refractivity contribution in [1.29, 1.82) is 0 Å². The Morgan fingerprint density at radius 3 is 2.72 bits per heavy atom. The third kappa shape index (κ3) is 5.11. The summed E-state index contributed by atoms with van der Waals surface area (Å²) in [5.41, 5.74) is 1.82. The lowest BCUT2D eigenvalue weighted by Gasteiger charge is -2.30. The number of hydrogen-bond donors (Lipinski definition) is 0. The number of carbonyl (C=O) groups excluding carboxylic acids is 1. The Labute approximate surface area is 211 Å². The number of halogens is 1. The number of fused-ring (bicyclic) bond motifs is 3. The minimum atomic E-state index is -0.530. The van der Waals surface area contributed by atoms with Crippen LogP contribution in [0.15, 0.2) is 59.7 Å². The maximum absolute atomic E-state index is 13.0. The molecule has 1 aromatic carbocycles. The molecule has 9 heteroatoms. The third-order valence-electron chi connectivity index (χ3n) is 5.82. The van der Waals surface area contributed by atoms with Crippen molar-refractivity contribution in [3.8, 4) is 11.4 Å². The van der Waals surface area contributed by atoms with Gasteiger partial charge in [0.1, 0.15) is 23.8 Å². The second-order valence-electron chi connectivity index (χ2n) is 9.66. The van der Waals surface area contributed by atoms with Crippen molar-refractivity contribution in [2.45, 2.75) is 45.9 Å². The lowest BCUT2D eigenvalue weighted by atomic mass is 10.0. The van der Waals surface area contributed by atoms with Crippen LogP contribution in [-0.2, 0) is 24.3 Å². The molecular weight excluding hydrogens is 481 g/mol. The van der Waals surface area contributed by atoms with Gasteiger partial charge >= 0.3 is 6.09 Å². The van der Waals surface area contributed by atoms with Crippen LogP contribution in [0.25, 0.3) is 15.8 Å². The van der Waals surface area contributed by atoms with E-state index < -0.39 is 11.4 Å². The SMILES string of the molecule is CC(C)(C)OC(=O)N1CCc2c(sc3cc(-n4ccc(OCc5ccc(F)cn5)cc4=O)ccc23)C1. The quantitative estimate of drug-likeness (QED) is 0.367. The van der Waals surface area contributed by atoms with E-state index in [4.69, 9.17) is 9.47 Å². The van der Waals surface area contributed by atoms with Gasteiger partial charge in [0.2, 0.25) is 0 Å². The third-order valence-corrected chi connectivity index (χ3v) is 7.00. The molecular formula is C27H26FN3O4S. The fourth-order valence-electron chi connectivity index (χ4n) is 4.14. The molecule has 0 saturated carbocycles. The Morgan fingerprint density at radius 1 is 1.17 bits per heavy atom. The summed E-state index contributed by atoms with van der Waals surface area (Å²) < 4.78 is 26.8. The Morgan fingerprint density at radius 2 is 2.00 bits per heavy atom. The lowest BCUT2D eigenvalue weighted by molar-refractivity contribution is 0.0227. The smallest absolute Gasteiger partial charge is 0.410 e. The summed E-state index contributed by atoms with van der Waals surface area (Å²) in [6.07, 6.45) is 3.28. The van der Waals surface area contributed by atoms with Crippen LogP contribution >= 0.6 is 11.3 Å². The zero-order valence-electron chi connectivity index (χ0n) is 20.3. The van der Waals surface area contributed by atoms with Crippen molar-refractivity contribution in [1.82, 2.24) is 14.5 Å². The van der Waals surface area contributed by atoms with Crippen LogP contribution in [0.4, 0.5) is 9.18 Å². The molecule has 0 unspecified atom stereocenters. The summed E-state index contributed by atoms with van der Waals surface area (Å²) in [5, 5.41) is 1.15.